The zero-order chi connectivity index (χ0) is 14.7. The second-order valence-electron chi connectivity index (χ2n) is 4.88. The fraction of sp³-hybridized carbons (Fsp3) is 0.500. The number of rotatable bonds is 4. The van der Waals surface area contributed by atoms with Gasteiger partial charge in [-0.1, -0.05) is 0 Å². The summed E-state index contributed by atoms with van der Waals surface area (Å²) in [6.07, 6.45) is 1.80. The largest absolute Gasteiger partial charge is 0.383 e. The van der Waals surface area contributed by atoms with Gasteiger partial charge in [0, 0.05) is 19.2 Å². The lowest BCUT2D eigenvalue weighted by Crippen LogP contribution is -2.40. The molecule has 1 amide bonds. The third-order valence-electron chi connectivity index (χ3n) is 3.44. The molecular weight excluding hydrogens is 266 g/mol. The molecule has 1 fully saturated rings. The highest BCUT2D eigenvalue weighted by Gasteiger charge is 2.24. The Labute approximate surface area is 116 Å². The van der Waals surface area contributed by atoms with Crippen molar-refractivity contribution in [3.05, 3.63) is 29.3 Å². The second-order valence-corrected chi connectivity index (χ2v) is 4.88. The Kier molecular flexibility index (Phi) is 4.54. The van der Waals surface area contributed by atoms with E-state index in [1.165, 1.54) is 7.05 Å². The molecule has 2 atom stereocenters. The van der Waals surface area contributed by atoms with E-state index in [1.54, 1.807) is 0 Å². The number of amides is 1. The molecule has 2 unspecified atom stereocenters. The highest BCUT2D eigenvalue weighted by atomic mass is 19.1. The van der Waals surface area contributed by atoms with Crippen LogP contribution in [-0.2, 0) is 4.74 Å². The van der Waals surface area contributed by atoms with Crippen LogP contribution in [0.15, 0.2) is 12.1 Å². The molecule has 1 saturated heterocycles. The minimum Gasteiger partial charge on any atom is -0.383 e. The molecule has 0 radical (unpaired) electrons. The molecule has 6 heteroatoms. The minimum absolute atomic E-state index is 0.0368. The Morgan fingerprint density at radius 2 is 2.05 bits per heavy atom. The van der Waals surface area contributed by atoms with Crippen molar-refractivity contribution < 1.29 is 18.3 Å². The molecule has 0 bridgehead atoms. The van der Waals surface area contributed by atoms with Crippen molar-refractivity contribution >= 4 is 11.6 Å². The van der Waals surface area contributed by atoms with Gasteiger partial charge in [0.2, 0.25) is 0 Å². The summed E-state index contributed by atoms with van der Waals surface area (Å²) >= 11 is 0. The zero-order valence-electron chi connectivity index (χ0n) is 11.5. The maximum atomic E-state index is 13.6. The first kappa shape index (κ1) is 14.7. The highest BCUT2D eigenvalue weighted by molar-refractivity contribution is 5.94. The normalized spacial score (nSPS) is 19.7. The number of ether oxygens (including phenoxy) is 1. The van der Waals surface area contributed by atoms with Gasteiger partial charge in [-0.2, -0.15) is 0 Å². The van der Waals surface area contributed by atoms with E-state index in [9.17, 15) is 13.6 Å². The first-order valence-electron chi connectivity index (χ1n) is 6.62. The predicted molar refractivity (Wildman–Crippen MR) is 71.8 cm³/mol. The number of carbonyl (C=O) groups excluding carboxylic acids is 1. The highest BCUT2D eigenvalue weighted by Crippen LogP contribution is 2.21. The van der Waals surface area contributed by atoms with Crippen LogP contribution in [0, 0.1) is 11.6 Å². The van der Waals surface area contributed by atoms with Crippen LogP contribution in [0.5, 0.6) is 0 Å². The zero-order valence-corrected chi connectivity index (χ0v) is 11.5. The van der Waals surface area contributed by atoms with Crippen molar-refractivity contribution in [3.8, 4) is 0 Å². The number of anilines is 1. The van der Waals surface area contributed by atoms with Crippen LogP contribution in [0.2, 0.25) is 0 Å². The molecule has 110 valence electrons. The SMILES string of the molecule is CNc1c(F)cc(C(=O)NC(C)C2CCCO2)cc1F. The summed E-state index contributed by atoms with van der Waals surface area (Å²) in [5.74, 6) is -2.08. The van der Waals surface area contributed by atoms with E-state index in [4.69, 9.17) is 4.74 Å². The Hall–Kier alpha value is -1.69. The van der Waals surface area contributed by atoms with Crippen molar-refractivity contribution in [2.45, 2.75) is 31.9 Å². The maximum Gasteiger partial charge on any atom is 0.251 e. The fourth-order valence-electron chi connectivity index (χ4n) is 2.32. The Morgan fingerprint density at radius 1 is 1.40 bits per heavy atom. The van der Waals surface area contributed by atoms with Crippen LogP contribution >= 0.6 is 0 Å². The molecule has 1 aromatic carbocycles. The van der Waals surface area contributed by atoms with Gasteiger partial charge < -0.3 is 15.4 Å². The minimum atomic E-state index is -0.789. The number of halogens is 2. The predicted octanol–water partition coefficient (Wildman–Crippen LogP) is 2.30. The molecule has 4 nitrogen and oxygen atoms in total. The van der Waals surface area contributed by atoms with Crippen LogP contribution in [0.25, 0.3) is 0 Å². The number of hydrogen-bond donors (Lipinski definition) is 2. The van der Waals surface area contributed by atoms with E-state index in [1.807, 2.05) is 6.92 Å². The average molecular weight is 284 g/mol. The lowest BCUT2D eigenvalue weighted by Gasteiger charge is -2.20. The molecule has 2 rings (SSSR count). The molecule has 1 aliphatic rings. The summed E-state index contributed by atoms with van der Waals surface area (Å²) in [6.45, 7) is 2.51. The first-order chi connectivity index (χ1) is 9.52. The van der Waals surface area contributed by atoms with Crippen LogP contribution in [0.3, 0.4) is 0 Å². The van der Waals surface area contributed by atoms with E-state index < -0.39 is 17.5 Å². The van der Waals surface area contributed by atoms with Gasteiger partial charge in [-0.15, -0.1) is 0 Å². The van der Waals surface area contributed by atoms with Crippen LogP contribution in [-0.4, -0.2) is 31.7 Å². The van der Waals surface area contributed by atoms with Crippen LogP contribution < -0.4 is 10.6 Å². The molecule has 1 aliphatic heterocycles. The van der Waals surface area contributed by atoms with E-state index in [-0.39, 0.29) is 23.4 Å². The number of carbonyl (C=O) groups is 1. The van der Waals surface area contributed by atoms with E-state index in [0.717, 1.165) is 25.0 Å². The van der Waals surface area contributed by atoms with E-state index in [2.05, 4.69) is 10.6 Å². The van der Waals surface area contributed by atoms with Crippen molar-refractivity contribution in [1.29, 1.82) is 0 Å². The van der Waals surface area contributed by atoms with Gasteiger partial charge >= 0.3 is 0 Å². The molecule has 0 aliphatic carbocycles. The molecule has 2 N–H and O–H groups in total. The van der Waals surface area contributed by atoms with Gasteiger partial charge in [-0.25, -0.2) is 8.78 Å². The van der Waals surface area contributed by atoms with Crippen LogP contribution in [0.1, 0.15) is 30.1 Å². The molecule has 1 heterocycles. The smallest absolute Gasteiger partial charge is 0.251 e. The van der Waals surface area contributed by atoms with Crippen molar-refractivity contribution in [2.24, 2.45) is 0 Å². The summed E-state index contributed by atoms with van der Waals surface area (Å²) in [5.41, 5.74) is -0.280. The topological polar surface area (TPSA) is 50.4 Å². The quantitative estimate of drug-likeness (QED) is 0.892. The Balaban J connectivity index is 2.09. The molecule has 20 heavy (non-hydrogen) atoms. The van der Waals surface area contributed by atoms with Gasteiger partial charge in [-0.3, -0.25) is 4.79 Å². The lowest BCUT2D eigenvalue weighted by molar-refractivity contribution is 0.0712. The second kappa shape index (κ2) is 6.17. The molecule has 0 aromatic heterocycles. The van der Waals surface area contributed by atoms with Gasteiger partial charge in [0.25, 0.3) is 5.91 Å². The number of nitrogens with one attached hydrogen (secondary N) is 2. The Bertz CT molecular complexity index is 479. The summed E-state index contributed by atoms with van der Waals surface area (Å²) < 4.78 is 32.7. The summed E-state index contributed by atoms with van der Waals surface area (Å²) in [5, 5.41) is 5.13. The van der Waals surface area contributed by atoms with Gasteiger partial charge in [0.15, 0.2) is 0 Å². The third-order valence-corrected chi connectivity index (χ3v) is 3.44. The van der Waals surface area contributed by atoms with E-state index >= 15 is 0 Å². The molecular formula is C14H18F2N2O2. The maximum absolute atomic E-state index is 13.6. The average Bonchev–Trinajstić information content (AvgIpc) is 2.92. The third kappa shape index (κ3) is 3.07. The summed E-state index contributed by atoms with van der Waals surface area (Å²) in [6, 6.07) is 1.85. The van der Waals surface area contributed by atoms with Gasteiger partial charge in [0.05, 0.1) is 12.1 Å². The van der Waals surface area contributed by atoms with E-state index in [0.29, 0.717) is 6.61 Å². The lowest BCUT2D eigenvalue weighted by atomic mass is 10.1. The van der Waals surface area contributed by atoms with Gasteiger partial charge in [-0.05, 0) is 31.9 Å². The number of hydrogen-bond acceptors (Lipinski definition) is 3. The fourth-order valence-corrected chi connectivity index (χ4v) is 2.32. The monoisotopic (exact) mass is 284 g/mol. The van der Waals surface area contributed by atoms with Crippen molar-refractivity contribution in [1.82, 2.24) is 5.32 Å². The van der Waals surface area contributed by atoms with Crippen LogP contribution in [0.4, 0.5) is 14.5 Å². The molecule has 0 spiro atoms. The molecule has 0 saturated carbocycles. The molecule has 1 aromatic rings. The standard InChI is InChI=1S/C14H18F2N2O2/c1-8(12-4-3-5-20-12)18-14(19)9-6-10(15)13(17-2)11(16)7-9/h6-8,12,17H,3-5H2,1-2H3,(H,18,19). The first-order valence-corrected chi connectivity index (χ1v) is 6.62. The van der Waals surface area contributed by atoms with Crippen molar-refractivity contribution in [3.63, 3.8) is 0 Å². The number of benzene rings is 1. The Morgan fingerprint density at radius 3 is 2.55 bits per heavy atom. The van der Waals surface area contributed by atoms with Gasteiger partial charge in [0.1, 0.15) is 17.3 Å². The van der Waals surface area contributed by atoms with Crippen molar-refractivity contribution in [2.75, 3.05) is 19.0 Å². The summed E-state index contributed by atoms with van der Waals surface area (Å²) in [7, 11) is 1.42. The summed E-state index contributed by atoms with van der Waals surface area (Å²) in [4.78, 5) is 12.0.